The molecule has 0 saturated carbocycles. The number of nitrogen functional groups attached to an aromatic ring is 2. The molecule has 0 spiro atoms. The van der Waals surface area contributed by atoms with Gasteiger partial charge < -0.3 is 11.5 Å². The molecule has 0 heterocycles. The molecule has 25 heavy (non-hydrogen) atoms. The molecule has 0 bridgehead atoms. The van der Waals surface area contributed by atoms with Gasteiger partial charge in [-0.25, -0.2) is 0 Å². The highest BCUT2D eigenvalue weighted by Gasteiger charge is 2.17. The molecular formula is C23H26N2. The number of benzene rings is 2. The van der Waals surface area contributed by atoms with E-state index < -0.39 is 0 Å². The predicted octanol–water partition coefficient (Wildman–Crippen LogP) is 5.31. The minimum Gasteiger partial charge on any atom is -0.398 e. The molecule has 2 aromatic carbocycles. The van der Waals surface area contributed by atoms with Crippen molar-refractivity contribution in [1.82, 2.24) is 0 Å². The molecule has 0 amide bonds. The van der Waals surface area contributed by atoms with Crippen LogP contribution < -0.4 is 11.5 Å². The zero-order valence-electron chi connectivity index (χ0n) is 14.6. The molecule has 2 atom stereocenters. The molecule has 4 N–H and O–H groups in total. The second-order valence-electron chi connectivity index (χ2n) is 7.33. The Labute approximate surface area is 150 Å². The van der Waals surface area contributed by atoms with E-state index in [-0.39, 0.29) is 0 Å². The molecule has 0 fully saturated rings. The summed E-state index contributed by atoms with van der Waals surface area (Å²) in [5.74, 6) is 0.955. The Kier molecular flexibility index (Phi) is 4.35. The molecular weight excluding hydrogens is 304 g/mol. The minimum absolute atomic E-state index is 0.477. The van der Waals surface area contributed by atoms with Gasteiger partial charge in [0.1, 0.15) is 0 Å². The number of anilines is 2. The van der Waals surface area contributed by atoms with E-state index in [2.05, 4.69) is 60.7 Å². The molecule has 128 valence electrons. The van der Waals surface area contributed by atoms with Gasteiger partial charge in [0.15, 0.2) is 0 Å². The molecule has 0 saturated heterocycles. The lowest BCUT2D eigenvalue weighted by atomic mass is 9.91. The largest absolute Gasteiger partial charge is 0.398 e. The highest BCUT2D eigenvalue weighted by atomic mass is 14.6. The van der Waals surface area contributed by atoms with Crippen molar-refractivity contribution in [3.05, 3.63) is 83.0 Å². The summed E-state index contributed by atoms with van der Waals surface area (Å²) in [7, 11) is 0. The maximum atomic E-state index is 6.23. The van der Waals surface area contributed by atoms with Gasteiger partial charge in [0.05, 0.1) is 0 Å². The number of allylic oxidation sites excluding steroid dienone is 4. The van der Waals surface area contributed by atoms with E-state index in [1.54, 1.807) is 0 Å². The van der Waals surface area contributed by atoms with Crippen LogP contribution >= 0.6 is 0 Å². The van der Waals surface area contributed by atoms with E-state index in [0.29, 0.717) is 11.8 Å². The highest BCUT2D eigenvalue weighted by molar-refractivity contribution is 5.55. The summed E-state index contributed by atoms with van der Waals surface area (Å²) in [6.45, 7) is 0. The third kappa shape index (κ3) is 3.34. The van der Waals surface area contributed by atoms with E-state index in [0.717, 1.165) is 30.6 Å². The van der Waals surface area contributed by atoms with Gasteiger partial charge in [-0.3, -0.25) is 0 Å². The van der Waals surface area contributed by atoms with E-state index in [4.69, 9.17) is 11.5 Å². The molecule has 2 aliphatic carbocycles. The van der Waals surface area contributed by atoms with E-state index in [1.807, 2.05) is 0 Å². The Morgan fingerprint density at radius 2 is 1.20 bits per heavy atom. The SMILES string of the molecule is Nc1ccc(Cc2ccc(N)c(C3C=CCC3)c2)cc1C1C=CCC1. The maximum Gasteiger partial charge on any atom is 0.0352 e. The molecule has 2 aromatic rings. The van der Waals surface area contributed by atoms with Gasteiger partial charge in [-0.2, -0.15) is 0 Å². The average Bonchev–Trinajstić information content (AvgIpc) is 3.31. The molecule has 4 rings (SSSR count). The Bertz CT molecular complexity index is 762. The van der Waals surface area contributed by atoms with E-state index in [9.17, 15) is 0 Å². The van der Waals surface area contributed by atoms with Gasteiger partial charge >= 0.3 is 0 Å². The number of hydrogen-bond acceptors (Lipinski definition) is 2. The summed E-state index contributed by atoms with van der Waals surface area (Å²) in [5.41, 5.74) is 19.5. The summed E-state index contributed by atoms with van der Waals surface area (Å²) in [6.07, 6.45) is 14.7. The van der Waals surface area contributed by atoms with Crippen molar-refractivity contribution < 1.29 is 0 Å². The van der Waals surface area contributed by atoms with Crippen LogP contribution in [0.4, 0.5) is 11.4 Å². The zero-order valence-corrected chi connectivity index (χ0v) is 14.6. The predicted molar refractivity (Wildman–Crippen MR) is 107 cm³/mol. The maximum absolute atomic E-state index is 6.23. The number of nitrogens with two attached hydrogens (primary N) is 2. The van der Waals surface area contributed by atoms with Crippen molar-refractivity contribution in [2.24, 2.45) is 0 Å². The first-order valence-electron chi connectivity index (χ1n) is 9.30. The number of hydrogen-bond donors (Lipinski definition) is 2. The number of rotatable bonds is 4. The first kappa shape index (κ1) is 16.0. The minimum atomic E-state index is 0.477. The highest BCUT2D eigenvalue weighted by Crippen LogP contribution is 2.35. The summed E-state index contributed by atoms with van der Waals surface area (Å²) in [6, 6.07) is 13.0. The average molecular weight is 330 g/mol. The van der Waals surface area contributed by atoms with Crippen molar-refractivity contribution in [3.8, 4) is 0 Å². The summed E-state index contributed by atoms with van der Waals surface area (Å²) in [4.78, 5) is 0. The zero-order chi connectivity index (χ0) is 17.2. The summed E-state index contributed by atoms with van der Waals surface area (Å²) in [5, 5.41) is 0. The van der Waals surface area contributed by atoms with Crippen LogP contribution in [0.2, 0.25) is 0 Å². The van der Waals surface area contributed by atoms with Crippen LogP contribution in [0.15, 0.2) is 60.7 Å². The molecule has 2 nitrogen and oxygen atoms in total. The monoisotopic (exact) mass is 330 g/mol. The Hall–Kier alpha value is -2.48. The molecule has 0 aromatic heterocycles. The molecule has 2 aliphatic rings. The van der Waals surface area contributed by atoms with Crippen molar-refractivity contribution in [2.75, 3.05) is 11.5 Å². The van der Waals surface area contributed by atoms with Crippen LogP contribution in [-0.4, -0.2) is 0 Å². The van der Waals surface area contributed by atoms with Crippen LogP contribution in [0, 0.1) is 0 Å². The fraction of sp³-hybridized carbons (Fsp3) is 0.304. The molecule has 2 heteroatoms. The van der Waals surface area contributed by atoms with Crippen LogP contribution in [0.3, 0.4) is 0 Å². The normalized spacial score (nSPS) is 21.9. The van der Waals surface area contributed by atoms with Gasteiger partial charge in [-0.05, 0) is 66.5 Å². The van der Waals surface area contributed by atoms with Crippen LogP contribution in [0.5, 0.6) is 0 Å². The van der Waals surface area contributed by atoms with Crippen molar-refractivity contribution in [3.63, 3.8) is 0 Å². The summed E-state index contributed by atoms with van der Waals surface area (Å²) < 4.78 is 0. The van der Waals surface area contributed by atoms with Crippen molar-refractivity contribution >= 4 is 11.4 Å². The quantitative estimate of drug-likeness (QED) is 0.589. The smallest absolute Gasteiger partial charge is 0.0352 e. The second kappa shape index (κ2) is 6.79. The standard InChI is InChI=1S/C23H26N2/c24-22-11-9-16(14-20(22)18-5-1-2-6-18)13-17-10-12-23(25)21(15-17)19-7-3-4-8-19/h1,3,5,7,9-12,14-15,18-19H,2,4,6,8,13,24-25H2. The fourth-order valence-electron chi connectivity index (χ4n) is 4.13. The first-order valence-corrected chi connectivity index (χ1v) is 9.30. The molecule has 0 radical (unpaired) electrons. The van der Waals surface area contributed by atoms with Crippen LogP contribution in [0.25, 0.3) is 0 Å². The van der Waals surface area contributed by atoms with Crippen molar-refractivity contribution in [2.45, 2.75) is 43.9 Å². The lowest BCUT2D eigenvalue weighted by Gasteiger charge is -2.15. The third-order valence-corrected chi connectivity index (χ3v) is 5.54. The molecule has 0 aliphatic heterocycles. The van der Waals surface area contributed by atoms with Gasteiger partial charge in [0, 0.05) is 23.2 Å². The second-order valence-corrected chi connectivity index (χ2v) is 7.33. The lowest BCUT2D eigenvalue weighted by molar-refractivity contribution is 0.799. The van der Waals surface area contributed by atoms with E-state index >= 15 is 0 Å². The Morgan fingerprint density at radius 3 is 1.60 bits per heavy atom. The molecule has 2 unspecified atom stereocenters. The van der Waals surface area contributed by atoms with Gasteiger partial charge in [-0.15, -0.1) is 0 Å². The topological polar surface area (TPSA) is 52.0 Å². The first-order chi connectivity index (χ1) is 12.2. The Morgan fingerprint density at radius 1 is 0.720 bits per heavy atom. The van der Waals surface area contributed by atoms with E-state index in [1.165, 1.54) is 35.1 Å². The van der Waals surface area contributed by atoms with Gasteiger partial charge in [-0.1, -0.05) is 48.6 Å². The fourth-order valence-corrected chi connectivity index (χ4v) is 4.13. The van der Waals surface area contributed by atoms with Crippen LogP contribution in [-0.2, 0) is 6.42 Å². The van der Waals surface area contributed by atoms with Gasteiger partial charge in [0.25, 0.3) is 0 Å². The summed E-state index contributed by atoms with van der Waals surface area (Å²) >= 11 is 0. The third-order valence-electron chi connectivity index (χ3n) is 5.54. The van der Waals surface area contributed by atoms with Gasteiger partial charge in [0.2, 0.25) is 0 Å². The van der Waals surface area contributed by atoms with Crippen molar-refractivity contribution in [1.29, 1.82) is 0 Å². The van der Waals surface area contributed by atoms with Crippen LogP contribution in [0.1, 0.15) is 59.8 Å². The Balaban J connectivity index is 1.60. The lowest BCUT2D eigenvalue weighted by Crippen LogP contribution is -2.02.